The maximum Gasteiger partial charge on any atom is 0.416 e. The first-order valence-corrected chi connectivity index (χ1v) is 8.56. The molecule has 2 heterocycles. The maximum absolute atomic E-state index is 12.5. The lowest BCUT2D eigenvalue weighted by Crippen LogP contribution is -2.30. The Morgan fingerprint density at radius 3 is 2.65 bits per heavy atom. The summed E-state index contributed by atoms with van der Waals surface area (Å²) in [6, 6.07) is 3.87. The molecular weight excluding hydrogens is 347 g/mol. The third-order valence-electron chi connectivity index (χ3n) is 4.27. The molecule has 3 rings (SSSR count). The second-order valence-corrected chi connectivity index (χ2v) is 6.20. The van der Waals surface area contributed by atoms with Crippen LogP contribution in [0, 0.1) is 0 Å². The summed E-state index contributed by atoms with van der Waals surface area (Å²) < 4.78 is 39.6. The number of nitrogens with zero attached hydrogens (tertiary/aromatic N) is 3. The highest BCUT2D eigenvalue weighted by Gasteiger charge is 2.29. The van der Waals surface area contributed by atoms with Gasteiger partial charge in [-0.1, -0.05) is 0 Å². The van der Waals surface area contributed by atoms with Gasteiger partial charge >= 0.3 is 12.2 Å². The van der Waals surface area contributed by atoms with Crippen LogP contribution in [0.4, 0.5) is 23.7 Å². The SMILES string of the molecule is O=C(NCCCc1nnc2n1CCCC2)Nc1ccc(C(F)(F)F)cc1. The number of anilines is 1. The van der Waals surface area contributed by atoms with Gasteiger partial charge in [0.1, 0.15) is 11.6 Å². The van der Waals surface area contributed by atoms with Gasteiger partial charge in [-0.3, -0.25) is 0 Å². The number of urea groups is 1. The molecule has 0 saturated heterocycles. The predicted octanol–water partition coefficient (Wildman–Crippen LogP) is 3.39. The Labute approximate surface area is 148 Å². The second-order valence-electron chi connectivity index (χ2n) is 6.20. The molecule has 26 heavy (non-hydrogen) atoms. The van der Waals surface area contributed by atoms with Crippen molar-refractivity contribution < 1.29 is 18.0 Å². The highest BCUT2D eigenvalue weighted by molar-refractivity contribution is 5.89. The van der Waals surface area contributed by atoms with Crippen LogP contribution in [0.2, 0.25) is 0 Å². The van der Waals surface area contributed by atoms with Crippen LogP contribution in [0.3, 0.4) is 0 Å². The molecule has 1 aliphatic rings. The van der Waals surface area contributed by atoms with Crippen molar-refractivity contribution in [3.05, 3.63) is 41.5 Å². The summed E-state index contributed by atoms with van der Waals surface area (Å²) >= 11 is 0. The van der Waals surface area contributed by atoms with Gasteiger partial charge in [-0.25, -0.2) is 4.79 Å². The maximum atomic E-state index is 12.5. The molecule has 0 atom stereocenters. The molecule has 140 valence electrons. The number of amides is 2. The van der Waals surface area contributed by atoms with Gasteiger partial charge < -0.3 is 15.2 Å². The number of hydrogen-bond acceptors (Lipinski definition) is 3. The van der Waals surface area contributed by atoms with Gasteiger partial charge in [0.05, 0.1) is 5.56 Å². The number of fused-ring (bicyclic) bond motifs is 1. The van der Waals surface area contributed by atoms with E-state index in [-0.39, 0.29) is 0 Å². The Bertz CT molecular complexity index is 755. The van der Waals surface area contributed by atoms with E-state index in [0.29, 0.717) is 25.1 Å². The fraction of sp³-hybridized carbons (Fsp3) is 0.471. The molecule has 0 bridgehead atoms. The average molecular weight is 367 g/mol. The Morgan fingerprint density at radius 1 is 1.15 bits per heavy atom. The molecule has 1 aromatic carbocycles. The summed E-state index contributed by atoms with van der Waals surface area (Å²) in [6.45, 7) is 1.38. The summed E-state index contributed by atoms with van der Waals surface area (Å²) in [6.07, 6.45) is 0.268. The molecule has 0 saturated carbocycles. The van der Waals surface area contributed by atoms with E-state index in [0.717, 1.165) is 49.6 Å². The van der Waals surface area contributed by atoms with Gasteiger partial charge in [0, 0.05) is 31.6 Å². The van der Waals surface area contributed by atoms with E-state index >= 15 is 0 Å². The number of halogens is 3. The molecule has 0 unspecified atom stereocenters. The van der Waals surface area contributed by atoms with Crippen molar-refractivity contribution in [3.63, 3.8) is 0 Å². The van der Waals surface area contributed by atoms with Crippen molar-refractivity contribution in [2.24, 2.45) is 0 Å². The summed E-state index contributed by atoms with van der Waals surface area (Å²) in [5, 5.41) is 13.6. The Balaban J connectivity index is 1.41. The Kier molecular flexibility index (Phi) is 5.43. The number of benzene rings is 1. The molecule has 0 fully saturated rings. The quantitative estimate of drug-likeness (QED) is 0.796. The van der Waals surface area contributed by atoms with E-state index < -0.39 is 17.8 Å². The molecule has 9 heteroatoms. The van der Waals surface area contributed by atoms with Crippen molar-refractivity contribution in [1.82, 2.24) is 20.1 Å². The van der Waals surface area contributed by atoms with Crippen molar-refractivity contribution in [1.29, 1.82) is 0 Å². The van der Waals surface area contributed by atoms with Gasteiger partial charge in [0.15, 0.2) is 0 Å². The largest absolute Gasteiger partial charge is 0.416 e. The number of carbonyl (C=O) groups excluding carboxylic acids is 1. The number of rotatable bonds is 5. The number of aromatic nitrogens is 3. The van der Waals surface area contributed by atoms with E-state index in [1.807, 2.05) is 0 Å². The van der Waals surface area contributed by atoms with Crippen LogP contribution in [0.25, 0.3) is 0 Å². The fourth-order valence-electron chi connectivity index (χ4n) is 2.92. The lowest BCUT2D eigenvalue weighted by Gasteiger charge is -2.14. The van der Waals surface area contributed by atoms with Crippen LogP contribution in [0.1, 0.15) is 36.5 Å². The molecule has 0 spiro atoms. The smallest absolute Gasteiger partial charge is 0.338 e. The second kappa shape index (κ2) is 7.76. The summed E-state index contributed by atoms with van der Waals surface area (Å²) in [7, 11) is 0. The highest BCUT2D eigenvalue weighted by atomic mass is 19.4. The zero-order chi connectivity index (χ0) is 18.6. The zero-order valence-corrected chi connectivity index (χ0v) is 14.1. The minimum atomic E-state index is -4.39. The standard InChI is InChI=1S/C17H20F3N5O/c18-17(19,20)12-6-8-13(9-7-12)22-16(26)21-10-3-5-15-24-23-14-4-1-2-11-25(14)15/h6-9H,1-5,10-11H2,(H2,21,22,26). The summed E-state index contributed by atoms with van der Waals surface area (Å²) in [5.74, 6) is 1.96. The minimum Gasteiger partial charge on any atom is -0.338 e. The molecule has 2 N–H and O–H groups in total. The van der Waals surface area contributed by atoms with Crippen molar-refractivity contribution in [2.75, 3.05) is 11.9 Å². The number of hydrogen-bond donors (Lipinski definition) is 2. The molecule has 6 nitrogen and oxygen atoms in total. The number of carbonyl (C=O) groups is 1. The van der Waals surface area contributed by atoms with Crippen molar-refractivity contribution in [2.45, 2.75) is 44.8 Å². The summed E-state index contributed by atoms with van der Waals surface area (Å²) in [5.41, 5.74) is -0.442. The van der Waals surface area contributed by atoms with Gasteiger partial charge in [-0.15, -0.1) is 10.2 Å². The molecule has 0 aliphatic carbocycles. The molecule has 2 aromatic rings. The highest BCUT2D eigenvalue weighted by Crippen LogP contribution is 2.29. The van der Waals surface area contributed by atoms with Gasteiger partial charge in [-0.05, 0) is 43.5 Å². The first kappa shape index (κ1) is 18.2. The molecule has 1 aromatic heterocycles. The number of aryl methyl sites for hydroxylation is 2. The third-order valence-corrected chi connectivity index (χ3v) is 4.27. The zero-order valence-electron chi connectivity index (χ0n) is 14.1. The van der Waals surface area contributed by atoms with Gasteiger partial charge in [0.2, 0.25) is 0 Å². The van der Waals surface area contributed by atoms with Crippen molar-refractivity contribution >= 4 is 11.7 Å². The Hall–Kier alpha value is -2.58. The van der Waals surface area contributed by atoms with E-state index in [1.54, 1.807) is 0 Å². The number of alkyl halides is 3. The fourth-order valence-corrected chi connectivity index (χ4v) is 2.92. The molecule has 1 aliphatic heterocycles. The van der Waals surface area contributed by atoms with Crippen LogP contribution in [0.15, 0.2) is 24.3 Å². The molecule has 0 radical (unpaired) electrons. The van der Waals surface area contributed by atoms with Crippen LogP contribution in [-0.2, 0) is 25.6 Å². The van der Waals surface area contributed by atoms with Crippen LogP contribution in [0.5, 0.6) is 0 Å². The van der Waals surface area contributed by atoms with Crippen LogP contribution >= 0.6 is 0 Å². The topological polar surface area (TPSA) is 71.8 Å². The van der Waals surface area contributed by atoms with E-state index in [4.69, 9.17) is 0 Å². The van der Waals surface area contributed by atoms with E-state index in [1.165, 1.54) is 12.1 Å². The van der Waals surface area contributed by atoms with Gasteiger partial charge in [-0.2, -0.15) is 13.2 Å². The predicted molar refractivity (Wildman–Crippen MR) is 89.7 cm³/mol. The molecule has 2 amide bonds. The Morgan fingerprint density at radius 2 is 1.92 bits per heavy atom. The van der Waals surface area contributed by atoms with E-state index in [2.05, 4.69) is 25.4 Å². The van der Waals surface area contributed by atoms with E-state index in [9.17, 15) is 18.0 Å². The number of nitrogens with one attached hydrogen (secondary N) is 2. The summed E-state index contributed by atoms with van der Waals surface area (Å²) in [4.78, 5) is 11.8. The van der Waals surface area contributed by atoms with Crippen molar-refractivity contribution in [3.8, 4) is 0 Å². The molecular formula is C17H20F3N5O. The first-order chi connectivity index (χ1) is 12.4. The normalized spacial score (nSPS) is 14.0. The lowest BCUT2D eigenvalue weighted by molar-refractivity contribution is -0.137. The lowest BCUT2D eigenvalue weighted by atomic mass is 10.1. The monoisotopic (exact) mass is 367 g/mol. The first-order valence-electron chi connectivity index (χ1n) is 8.56. The van der Waals surface area contributed by atoms with Crippen LogP contribution < -0.4 is 10.6 Å². The van der Waals surface area contributed by atoms with Gasteiger partial charge in [0.25, 0.3) is 0 Å². The van der Waals surface area contributed by atoms with Crippen LogP contribution in [-0.4, -0.2) is 27.3 Å². The minimum absolute atomic E-state index is 0.307. The third kappa shape index (κ3) is 4.53. The average Bonchev–Trinajstić information content (AvgIpc) is 3.02.